The van der Waals surface area contributed by atoms with Gasteiger partial charge in [0.2, 0.25) is 0 Å². The number of anilines is 1. The Morgan fingerprint density at radius 3 is 2.47 bits per heavy atom. The molecule has 0 aliphatic heterocycles. The second kappa shape index (κ2) is 6.02. The van der Waals surface area contributed by atoms with Crippen LogP contribution in [0.4, 0.5) is 14.5 Å². The van der Waals surface area contributed by atoms with Crippen LogP contribution in [-0.4, -0.2) is 0 Å². The molecule has 0 saturated heterocycles. The molecule has 2 rings (SSSR count). The first-order chi connectivity index (χ1) is 9.11. The lowest BCUT2D eigenvalue weighted by Crippen LogP contribution is -2.12. The molecule has 1 N–H and O–H groups in total. The SMILES string of the molecule is CCC(Nc1ccc(Cl)cc1F)c1ccccc1F. The lowest BCUT2D eigenvalue weighted by molar-refractivity contribution is 0.582. The maximum Gasteiger partial charge on any atom is 0.147 e. The Morgan fingerprint density at radius 2 is 1.84 bits per heavy atom. The van der Waals surface area contributed by atoms with Crippen molar-refractivity contribution in [1.29, 1.82) is 0 Å². The summed E-state index contributed by atoms with van der Waals surface area (Å²) in [6.45, 7) is 1.91. The van der Waals surface area contributed by atoms with E-state index >= 15 is 0 Å². The quantitative estimate of drug-likeness (QED) is 0.814. The second-order valence-electron chi connectivity index (χ2n) is 4.25. The normalized spacial score (nSPS) is 12.2. The van der Waals surface area contributed by atoms with E-state index < -0.39 is 5.82 Å². The van der Waals surface area contributed by atoms with Crippen molar-refractivity contribution in [2.45, 2.75) is 19.4 Å². The Hall–Kier alpha value is -1.61. The van der Waals surface area contributed by atoms with Gasteiger partial charge in [-0.2, -0.15) is 0 Å². The van der Waals surface area contributed by atoms with Gasteiger partial charge in [0.1, 0.15) is 11.6 Å². The number of hydrogen-bond acceptors (Lipinski definition) is 1. The number of hydrogen-bond donors (Lipinski definition) is 1. The molecule has 0 aromatic heterocycles. The van der Waals surface area contributed by atoms with Crippen molar-refractivity contribution >= 4 is 17.3 Å². The van der Waals surface area contributed by atoms with Gasteiger partial charge in [-0.05, 0) is 30.7 Å². The van der Waals surface area contributed by atoms with Crippen molar-refractivity contribution in [3.05, 3.63) is 64.7 Å². The van der Waals surface area contributed by atoms with Crippen LogP contribution in [-0.2, 0) is 0 Å². The van der Waals surface area contributed by atoms with Crippen molar-refractivity contribution in [2.24, 2.45) is 0 Å². The fraction of sp³-hybridized carbons (Fsp3) is 0.200. The Morgan fingerprint density at radius 1 is 1.11 bits per heavy atom. The van der Waals surface area contributed by atoms with Gasteiger partial charge >= 0.3 is 0 Å². The van der Waals surface area contributed by atoms with Crippen LogP contribution in [0.25, 0.3) is 0 Å². The summed E-state index contributed by atoms with van der Waals surface area (Å²) in [5.74, 6) is -0.737. The Labute approximate surface area is 116 Å². The predicted molar refractivity (Wildman–Crippen MR) is 74.5 cm³/mol. The van der Waals surface area contributed by atoms with Crippen LogP contribution in [0, 0.1) is 11.6 Å². The van der Waals surface area contributed by atoms with Crippen LogP contribution in [0.2, 0.25) is 5.02 Å². The average molecular weight is 282 g/mol. The van der Waals surface area contributed by atoms with Crippen LogP contribution in [0.3, 0.4) is 0 Å². The fourth-order valence-corrected chi connectivity index (χ4v) is 2.11. The molecule has 0 saturated carbocycles. The molecule has 2 aromatic carbocycles. The molecule has 1 nitrogen and oxygen atoms in total. The fourth-order valence-electron chi connectivity index (χ4n) is 1.95. The topological polar surface area (TPSA) is 12.0 Å². The minimum atomic E-state index is -0.442. The minimum Gasteiger partial charge on any atom is -0.376 e. The molecule has 4 heteroatoms. The maximum absolute atomic E-state index is 13.7. The van der Waals surface area contributed by atoms with Crippen molar-refractivity contribution < 1.29 is 8.78 Å². The van der Waals surface area contributed by atoms with Gasteiger partial charge in [0, 0.05) is 10.6 Å². The molecule has 0 amide bonds. The third-order valence-corrected chi connectivity index (χ3v) is 3.18. The highest BCUT2D eigenvalue weighted by atomic mass is 35.5. The number of rotatable bonds is 4. The standard InChI is InChI=1S/C15H14ClF2N/c1-2-14(11-5-3-4-6-12(11)17)19-15-8-7-10(16)9-13(15)18/h3-9,14,19H,2H2,1H3. The monoisotopic (exact) mass is 281 g/mol. The molecule has 100 valence electrons. The van der Waals surface area contributed by atoms with E-state index in [1.807, 2.05) is 6.92 Å². The molecule has 0 fully saturated rings. The zero-order valence-electron chi connectivity index (χ0n) is 10.5. The van der Waals surface area contributed by atoms with Crippen LogP contribution in [0.1, 0.15) is 24.9 Å². The second-order valence-corrected chi connectivity index (χ2v) is 4.69. The van der Waals surface area contributed by atoms with Crippen molar-refractivity contribution in [1.82, 2.24) is 0 Å². The molecule has 1 atom stereocenters. The van der Waals surface area contributed by atoms with E-state index in [0.717, 1.165) is 0 Å². The predicted octanol–water partition coefficient (Wildman–Crippen LogP) is 5.18. The van der Waals surface area contributed by atoms with Crippen LogP contribution < -0.4 is 5.32 Å². The van der Waals surface area contributed by atoms with Gasteiger partial charge in [-0.3, -0.25) is 0 Å². The van der Waals surface area contributed by atoms with E-state index in [-0.39, 0.29) is 11.9 Å². The van der Waals surface area contributed by atoms with E-state index in [4.69, 9.17) is 11.6 Å². The summed E-state index contributed by atoms with van der Waals surface area (Å²) in [5.41, 5.74) is 0.846. The average Bonchev–Trinajstić information content (AvgIpc) is 2.39. The molecule has 1 unspecified atom stereocenters. The summed E-state index contributed by atoms with van der Waals surface area (Å²) in [6.07, 6.45) is 0.642. The summed E-state index contributed by atoms with van der Waals surface area (Å²) in [6, 6.07) is 10.6. The molecule has 19 heavy (non-hydrogen) atoms. The van der Waals surface area contributed by atoms with Crippen LogP contribution in [0.15, 0.2) is 42.5 Å². The van der Waals surface area contributed by atoms with E-state index in [9.17, 15) is 8.78 Å². The van der Waals surface area contributed by atoms with Gasteiger partial charge < -0.3 is 5.32 Å². The third kappa shape index (κ3) is 3.24. The van der Waals surface area contributed by atoms with E-state index in [0.29, 0.717) is 22.7 Å². The molecule has 0 aliphatic carbocycles. The Bertz CT molecular complexity index is 572. The maximum atomic E-state index is 13.7. The van der Waals surface area contributed by atoms with Crippen LogP contribution >= 0.6 is 11.6 Å². The molecule has 2 aromatic rings. The van der Waals surface area contributed by atoms with Gasteiger partial charge in [0.25, 0.3) is 0 Å². The zero-order chi connectivity index (χ0) is 13.8. The molecule has 0 spiro atoms. The lowest BCUT2D eigenvalue weighted by atomic mass is 10.0. The molecule has 0 bridgehead atoms. The van der Waals surface area contributed by atoms with Gasteiger partial charge in [-0.25, -0.2) is 8.78 Å². The highest BCUT2D eigenvalue weighted by Crippen LogP contribution is 2.27. The zero-order valence-corrected chi connectivity index (χ0v) is 11.2. The Balaban J connectivity index is 2.27. The van der Waals surface area contributed by atoms with Gasteiger partial charge in [0.05, 0.1) is 11.7 Å². The van der Waals surface area contributed by atoms with Gasteiger partial charge in [-0.15, -0.1) is 0 Å². The molecule has 0 aliphatic rings. The van der Waals surface area contributed by atoms with Crippen molar-refractivity contribution in [3.63, 3.8) is 0 Å². The molecular weight excluding hydrogens is 268 g/mol. The Kier molecular flexibility index (Phi) is 4.38. The van der Waals surface area contributed by atoms with Crippen LogP contribution in [0.5, 0.6) is 0 Å². The summed E-state index contributed by atoms with van der Waals surface area (Å²) in [7, 11) is 0. The first kappa shape index (κ1) is 13.8. The minimum absolute atomic E-state index is 0.281. The van der Waals surface area contributed by atoms with Gasteiger partial charge in [0.15, 0.2) is 0 Å². The highest BCUT2D eigenvalue weighted by Gasteiger charge is 2.15. The highest BCUT2D eigenvalue weighted by molar-refractivity contribution is 6.30. The number of benzene rings is 2. The molecule has 0 heterocycles. The first-order valence-electron chi connectivity index (χ1n) is 6.08. The summed E-state index contributed by atoms with van der Waals surface area (Å²) in [5, 5.41) is 3.34. The number of nitrogens with one attached hydrogen (secondary N) is 1. The van der Waals surface area contributed by atoms with E-state index in [2.05, 4.69) is 5.32 Å². The largest absolute Gasteiger partial charge is 0.376 e. The lowest BCUT2D eigenvalue weighted by Gasteiger charge is -2.19. The van der Waals surface area contributed by atoms with E-state index in [1.165, 1.54) is 12.1 Å². The summed E-state index contributed by atoms with van der Waals surface area (Å²) >= 11 is 5.70. The first-order valence-corrected chi connectivity index (χ1v) is 6.45. The van der Waals surface area contributed by atoms with Crippen molar-refractivity contribution in [2.75, 3.05) is 5.32 Å². The molecular formula is C15H14ClF2N. The third-order valence-electron chi connectivity index (χ3n) is 2.95. The summed E-state index contributed by atoms with van der Waals surface area (Å²) in [4.78, 5) is 0. The number of halogens is 3. The van der Waals surface area contributed by atoms with E-state index in [1.54, 1.807) is 30.3 Å². The summed E-state index contributed by atoms with van der Waals surface area (Å²) < 4.78 is 27.5. The smallest absolute Gasteiger partial charge is 0.147 e. The van der Waals surface area contributed by atoms with Gasteiger partial charge in [-0.1, -0.05) is 36.7 Å². The molecule has 0 radical (unpaired) electrons. The van der Waals surface area contributed by atoms with Crippen molar-refractivity contribution in [3.8, 4) is 0 Å².